The monoisotopic (exact) mass is 459 g/mol. The van der Waals surface area contributed by atoms with Gasteiger partial charge in [-0.25, -0.2) is 9.37 Å². The number of halogens is 2. The maximum atomic E-state index is 13.6. The van der Waals surface area contributed by atoms with Crippen molar-refractivity contribution >= 4 is 56.0 Å². The highest BCUT2D eigenvalue weighted by molar-refractivity contribution is 7.22. The lowest BCUT2D eigenvalue weighted by Crippen LogP contribution is -2.38. The number of rotatable bonds is 7. The van der Waals surface area contributed by atoms with Crippen molar-refractivity contribution in [1.29, 1.82) is 0 Å². The molecule has 0 saturated carbocycles. The number of thiazole rings is 1. The fourth-order valence-corrected chi connectivity index (χ4v) is 4.33. The smallest absolute Gasteiger partial charge is 0.260 e. The molecule has 31 heavy (non-hydrogen) atoms. The Labute approximate surface area is 190 Å². The Hall–Kier alpha value is -2.68. The first-order chi connectivity index (χ1) is 14.6. The van der Waals surface area contributed by atoms with Crippen LogP contribution in [0.3, 0.4) is 0 Å². The minimum atomic E-state index is -0.313. The highest BCUT2D eigenvalue weighted by Gasteiger charge is 2.22. The second kappa shape index (κ2) is 10.1. The number of carbonyl (C=O) groups is 1. The number of aromatic nitrogens is 3. The first kappa shape index (κ1) is 23.0. The van der Waals surface area contributed by atoms with E-state index in [2.05, 4.69) is 33.7 Å². The van der Waals surface area contributed by atoms with Gasteiger partial charge in [-0.2, -0.15) is 0 Å². The van der Waals surface area contributed by atoms with Crippen molar-refractivity contribution in [2.24, 2.45) is 0 Å². The van der Waals surface area contributed by atoms with Crippen LogP contribution in [0.25, 0.3) is 21.3 Å². The van der Waals surface area contributed by atoms with Gasteiger partial charge < -0.3 is 4.90 Å². The Morgan fingerprint density at radius 1 is 0.968 bits per heavy atom. The molecule has 0 unspecified atom stereocenters. The van der Waals surface area contributed by atoms with Gasteiger partial charge in [0.2, 0.25) is 0 Å². The summed E-state index contributed by atoms with van der Waals surface area (Å²) in [5, 5.41) is 0.562. The predicted octanol–water partition coefficient (Wildman–Crippen LogP) is 4.79. The summed E-state index contributed by atoms with van der Waals surface area (Å²) in [7, 11) is 0. The summed E-state index contributed by atoms with van der Waals surface area (Å²) in [4.78, 5) is 30.6. The minimum absolute atomic E-state index is 0. The molecule has 6 nitrogen and oxygen atoms in total. The molecule has 2 aromatic carbocycles. The molecule has 9 heteroatoms. The minimum Gasteiger partial charge on any atom is -0.302 e. The quantitative estimate of drug-likeness (QED) is 0.397. The van der Waals surface area contributed by atoms with E-state index in [0.29, 0.717) is 28.3 Å². The lowest BCUT2D eigenvalue weighted by atomic mass is 10.1. The van der Waals surface area contributed by atoms with Gasteiger partial charge in [-0.15, -0.1) is 12.4 Å². The SMILES string of the molecule is CCN(CC)CCN(C(=O)c1ccc2nccnc2c1)c1nc2ccc(F)cc2s1.Cl. The molecule has 0 radical (unpaired) electrons. The van der Waals surface area contributed by atoms with Gasteiger partial charge in [0.25, 0.3) is 5.91 Å². The summed E-state index contributed by atoms with van der Waals surface area (Å²) in [5.41, 5.74) is 2.60. The molecule has 2 heterocycles. The molecule has 0 fully saturated rings. The van der Waals surface area contributed by atoms with E-state index in [4.69, 9.17) is 0 Å². The number of likely N-dealkylation sites (N-methyl/N-ethyl adjacent to an activating group) is 1. The van der Waals surface area contributed by atoms with Crippen molar-refractivity contribution in [2.45, 2.75) is 13.8 Å². The Morgan fingerprint density at radius 2 is 1.68 bits per heavy atom. The Balaban J connectivity index is 0.00000272. The highest BCUT2D eigenvalue weighted by Crippen LogP contribution is 2.30. The normalized spacial score (nSPS) is 11.1. The van der Waals surface area contributed by atoms with Crippen LogP contribution >= 0.6 is 23.7 Å². The van der Waals surface area contributed by atoms with Crippen molar-refractivity contribution in [3.63, 3.8) is 0 Å². The Bertz CT molecular complexity index is 1200. The summed E-state index contributed by atoms with van der Waals surface area (Å²) in [6.45, 7) is 7.19. The molecular formula is C22H23ClFN5OS. The fraction of sp³-hybridized carbons (Fsp3) is 0.273. The van der Waals surface area contributed by atoms with E-state index in [1.807, 2.05) is 0 Å². The number of benzene rings is 2. The van der Waals surface area contributed by atoms with Gasteiger partial charge in [-0.1, -0.05) is 25.2 Å². The highest BCUT2D eigenvalue weighted by atomic mass is 35.5. The predicted molar refractivity (Wildman–Crippen MR) is 126 cm³/mol. The third-order valence-electron chi connectivity index (χ3n) is 5.07. The zero-order valence-electron chi connectivity index (χ0n) is 17.3. The van der Waals surface area contributed by atoms with Crippen molar-refractivity contribution in [3.05, 3.63) is 60.2 Å². The summed E-state index contributed by atoms with van der Waals surface area (Å²) in [6.07, 6.45) is 3.23. The van der Waals surface area contributed by atoms with Crippen LogP contribution in [0.15, 0.2) is 48.8 Å². The fourth-order valence-electron chi connectivity index (χ4n) is 3.32. The molecule has 1 amide bonds. The first-order valence-corrected chi connectivity index (χ1v) is 10.7. The zero-order valence-corrected chi connectivity index (χ0v) is 18.9. The van der Waals surface area contributed by atoms with Crippen LogP contribution in [0.5, 0.6) is 0 Å². The van der Waals surface area contributed by atoms with Gasteiger partial charge in [0.15, 0.2) is 5.13 Å². The van der Waals surface area contributed by atoms with Crippen LogP contribution in [-0.2, 0) is 0 Å². The van der Waals surface area contributed by atoms with Crippen LogP contribution in [0, 0.1) is 5.82 Å². The van der Waals surface area contributed by atoms with Crippen LogP contribution < -0.4 is 4.90 Å². The summed E-state index contributed by atoms with van der Waals surface area (Å²) >= 11 is 1.32. The number of amides is 1. The first-order valence-electron chi connectivity index (χ1n) is 9.90. The average molecular weight is 460 g/mol. The molecule has 0 aliphatic rings. The van der Waals surface area contributed by atoms with E-state index in [-0.39, 0.29) is 24.1 Å². The second-order valence-corrected chi connectivity index (χ2v) is 7.86. The lowest BCUT2D eigenvalue weighted by molar-refractivity contribution is 0.0984. The third kappa shape index (κ3) is 4.98. The molecule has 2 aromatic heterocycles. The van der Waals surface area contributed by atoms with E-state index >= 15 is 0 Å². The van der Waals surface area contributed by atoms with E-state index < -0.39 is 0 Å². The van der Waals surface area contributed by atoms with Gasteiger partial charge in [0, 0.05) is 31.0 Å². The van der Waals surface area contributed by atoms with Crippen molar-refractivity contribution < 1.29 is 9.18 Å². The molecule has 162 valence electrons. The molecule has 0 aliphatic carbocycles. The Kier molecular flexibility index (Phi) is 7.48. The van der Waals surface area contributed by atoms with Crippen molar-refractivity contribution in [2.75, 3.05) is 31.1 Å². The second-order valence-electron chi connectivity index (χ2n) is 6.85. The molecule has 0 spiro atoms. The number of carbonyl (C=O) groups excluding carboxylic acids is 1. The molecule has 4 rings (SSSR count). The van der Waals surface area contributed by atoms with Crippen LogP contribution in [0.4, 0.5) is 9.52 Å². The van der Waals surface area contributed by atoms with E-state index in [9.17, 15) is 9.18 Å². The number of anilines is 1. The lowest BCUT2D eigenvalue weighted by Gasteiger charge is -2.24. The molecule has 0 N–H and O–H groups in total. The summed E-state index contributed by atoms with van der Waals surface area (Å²) in [5.74, 6) is -0.471. The third-order valence-corrected chi connectivity index (χ3v) is 6.11. The molecule has 0 aliphatic heterocycles. The topological polar surface area (TPSA) is 62.2 Å². The van der Waals surface area contributed by atoms with Crippen LogP contribution in [0.1, 0.15) is 24.2 Å². The summed E-state index contributed by atoms with van der Waals surface area (Å²) < 4.78 is 14.4. The largest absolute Gasteiger partial charge is 0.302 e. The average Bonchev–Trinajstić information content (AvgIpc) is 3.18. The van der Waals surface area contributed by atoms with Gasteiger partial charge in [0.1, 0.15) is 5.82 Å². The Morgan fingerprint density at radius 3 is 2.42 bits per heavy atom. The van der Waals surface area contributed by atoms with Gasteiger partial charge >= 0.3 is 0 Å². The zero-order chi connectivity index (χ0) is 21.1. The van der Waals surface area contributed by atoms with Gasteiger partial charge in [0.05, 0.1) is 21.3 Å². The van der Waals surface area contributed by atoms with Crippen LogP contribution in [-0.4, -0.2) is 51.9 Å². The molecule has 0 saturated heterocycles. The number of fused-ring (bicyclic) bond motifs is 2. The standard InChI is InChI=1S/C22H22FN5OS.ClH/c1-3-27(4-2)11-12-28(22-26-18-8-6-16(23)14-20(18)30-22)21(29)15-5-7-17-19(13-15)25-10-9-24-17;/h5-10,13-14H,3-4,11-12H2,1-2H3;1H. The maximum Gasteiger partial charge on any atom is 0.260 e. The molecule has 4 aromatic rings. The summed E-state index contributed by atoms with van der Waals surface area (Å²) in [6, 6.07) is 9.79. The maximum absolute atomic E-state index is 13.6. The van der Waals surface area contributed by atoms with Crippen LogP contribution in [0.2, 0.25) is 0 Å². The van der Waals surface area contributed by atoms with Gasteiger partial charge in [-0.05, 0) is 49.5 Å². The number of nitrogens with zero attached hydrogens (tertiary/aromatic N) is 5. The van der Waals surface area contributed by atoms with Crippen molar-refractivity contribution in [3.8, 4) is 0 Å². The molecular weight excluding hydrogens is 437 g/mol. The number of hydrogen-bond donors (Lipinski definition) is 0. The van der Waals surface area contributed by atoms with E-state index in [0.717, 1.165) is 29.9 Å². The molecule has 0 bridgehead atoms. The van der Waals surface area contributed by atoms with E-state index in [1.165, 1.54) is 23.5 Å². The van der Waals surface area contributed by atoms with Gasteiger partial charge in [-0.3, -0.25) is 19.7 Å². The number of hydrogen-bond acceptors (Lipinski definition) is 6. The molecule has 0 atom stereocenters. The van der Waals surface area contributed by atoms with Crippen molar-refractivity contribution in [1.82, 2.24) is 19.9 Å². The van der Waals surface area contributed by atoms with E-state index in [1.54, 1.807) is 41.6 Å².